The van der Waals surface area contributed by atoms with E-state index in [0.29, 0.717) is 12.0 Å². The smallest absolute Gasteiger partial charge is 0.263 e. The van der Waals surface area contributed by atoms with E-state index in [1.165, 1.54) is 56.5 Å². The first-order chi connectivity index (χ1) is 12.7. The van der Waals surface area contributed by atoms with Crippen LogP contribution in [0.2, 0.25) is 0 Å². The number of piperidine rings is 2. The van der Waals surface area contributed by atoms with Crippen LogP contribution in [0, 0.1) is 12.8 Å². The predicted octanol–water partition coefficient (Wildman–Crippen LogP) is 4.11. The molecule has 4 nitrogen and oxygen atoms in total. The van der Waals surface area contributed by atoms with Gasteiger partial charge in [-0.05, 0) is 51.6 Å². The molecule has 26 heavy (non-hydrogen) atoms. The second-order valence-electron chi connectivity index (χ2n) is 7.51. The van der Waals surface area contributed by atoms with Crippen molar-refractivity contribution in [2.75, 3.05) is 19.6 Å². The van der Waals surface area contributed by atoms with Crippen molar-refractivity contribution in [1.29, 1.82) is 0 Å². The lowest BCUT2D eigenvalue weighted by Crippen LogP contribution is -2.50. The van der Waals surface area contributed by atoms with Crippen molar-refractivity contribution in [2.24, 2.45) is 5.92 Å². The van der Waals surface area contributed by atoms with Gasteiger partial charge in [-0.25, -0.2) is 4.98 Å². The first-order valence-corrected chi connectivity index (χ1v) is 10.6. The maximum Gasteiger partial charge on any atom is 0.263 e. The van der Waals surface area contributed by atoms with Gasteiger partial charge in [-0.1, -0.05) is 36.8 Å². The standard InChI is InChI=1S/C21H27N3OS/c1-15-19(26-21(23-15)16-8-3-2-4-9-16)20(25)22-14-17-10-7-13-24-12-6-5-11-18(17)24/h2-4,8-9,17-18H,5-7,10-14H2,1H3,(H,22,25)/t17-,18-/m1/s1. The quantitative estimate of drug-likeness (QED) is 0.882. The van der Waals surface area contributed by atoms with Crippen molar-refractivity contribution < 1.29 is 4.79 Å². The molecule has 3 heterocycles. The highest BCUT2D eigenvalue weighted by Crippen LogP contribution is 2.31. The summed E-state index contributed by atoms with van der Waals surface area (Å²) in [5.74, 6) is 0.630. The van der Waals surface area contributed by atoms with E-state index in [4.69, 9.17) is 0 Å². The molecule has 138 valence electrons. The molecule has 2 aliphatic rings. The summed E-state index contributed by atoms with van der Waals surface area (Å²) in [4.78, 5) is 20.8. The molecule has 0 radical (unpaired) electrons. The van der Waals surface area contributed by atoms with Gasteiger partial charge in [0.2, 0.25) is 0 Å². The number of carbonyl (C=O) groups excluding carboxylic acids is 1. The summed E-state index contributed by atoms with van der Waals surface area (Å²) in [6, 6.07) is 10.8. The Morgan fingerprint density at radius 2 is 2.00 bits per heavy atom. The molecule has 5 heteroatoms. The van der Waals surface area contributed by atoms with Crippen LogP contribution < -0.4 is 5.32 Å². The van der Waals surface area contributed by atoms with Crippen molar-refractivity contribution in [3.63, 3.8) is 0 Å². The largest absolute Gasteiger partial charge is 0.351 e. The van der Waals surface area contributed by atoms with Crippen LogP contribution in [0.3, 0.4) is 0 Å². The van der Waals surface area contributed by atoms with Crippen LogP contribution in [0.15, 0.2) is 30.3 Å². The summed E-state index contributed by atoms with van der Waals surface area (Å²) < 4.78 is 0. The molecule has 4 rings (SSSR count). The molecule has 2 aliphatic heterocycles. The van der Waals surface area contributed by atoms with Gasteiger partial charge in [0.05, 0.1) is 5.69 Å². The molecule has 2 atom stereocenters. The number of amides is 1. The fraction of sp³-hybridized carbons (Fsp3) is 0.524. The van der Waals surface area contributed by atoms with E-state index < -0.39 is 0 Å². The minimum Gasteiger partial charge on any atom is -0.351 e. The number of hydrogen-bond acceptors (Lipinski definition) is 4. The number of benzene rings is 1. The van der Waals surface area contributed by atoms with Crippen LogP contribution in [0.1, 0.15) is 47.5 Å². The number of aryl methyl sites for hydroxylation is 1. The van der Waals surface area contributed by atoms with Crippen LogP contribution in [-0.4, -0.2) is 41.5 Å². The third-order valence-electron chi connectivity index (χ3n) is 5.78. The van der Waals surface area contributed by atoms with Crippen molar-refractivity contribution in [2.45, 2.75) is 45.1 Å². The molecule has 1 N–H and O–H groups in total. The number of hydrogen-bond donors (Lipinski definition) is 1. The number of nitrogens with zero attached hydrogens (tertiary/aromatic N) is 2. The van der Waals surface area contributed by atoms with Gasteiger partial charge in [0.1, 0.15) is 9.88 Å². The Labute approximate surface area is 159 Å². The minimum atomic E-state index is 0.0371. The Hall–Kier alpha value is -1.72. The zero-order chi connectivity index (χ0) is 17.9. The Morgan fingerprint density at radius 3 is 2.85 bits per heavy atom. The highest BCUT2D eigenvalue weighted by atomic mass is 32.1. The topological polar surface area (TPSA) is 45.2 Å². The Morgan fingerprint density at radius 1 is 1.19 bits per heavy atom. The summed E-state index contributed by atoms with van der Waals surface area (Å²) in [6.07, 6.45) is 6.45. The zero-order valence-corrected chi connectivity index (χ0v) is 16.2. The Bertz CT molecular complexity index is 756. The first-order valence-electron chi connectivity index (χ1n) is 9.77. The van der Waals surface area contributed by atoms with E-state index in [1.54, 1.807) is 0 Å². The number of carbonyl (C=O) groups is 1. The van der Waals surface area contributed by atoms with Gasteiger partial charge >= 0.3 is 0 Å². The fourth-order valence-corrected chi connectivity index (χ4v) is 5.42. The summed E-state index contributed by atoms with van der Waals surface area (Å²) in [6.45, 7) is 5.20. The van der Waals surface area contributed by atoms with E-state index in [0.717, 1.165) is 27.7 Å². The second kappa shape index (κ2) is 7.89. The number of thiazole rings is 1. The molecule has 1 aromatic heterocycles. The molecule has 2 fully saturated rings. The van der Waals surface area contributed by atoms with E-state index in [-0.39, 0.29) is 5.91 Å². The molecule has 0 saturated carbocycles. The molecule has 0 aliphatic carbocycles. The van der Waals surface area contributed by atoms with Gasteiger partial charge in [-0.3, -0.25) is 4.79 Å². The lowest BCUT2D eigenvalue weighted by molar-refractivity contribution is 0.0576. The molecule has 0 spiro atoms. The van der Waals surface area contributed by atoms with Crippen molar-refractivity contribution in [3.8, 4) is 10.6 Å². The molecular formula is C21H27N3OS. The summed E-state index contributed by atoms with van der Waals surface area (Å²) in [5, 5.41) is 4.13. The maximum absolute atomic E-state index is 12.8. The average Bonchev–Trinajstić information content (AvgIpc) is 3.08. The van der Waals surface area contributed by atoms with Crippen LogP contribution in [0.25, 0.3) is 10.6 Å². The van der Waals surface area contributed by atoms with Crippen LogP contribution in [-0.2, 0) is 0 Å². The lowest BCUT2D eigenvalue weighted by Gasteiger charge is -2.44. The third-order valence-corrected chi connectivity index (χ3v) is 6.98. The molecule has 2 saturated heterocycles. The Balaban J connectivity index is 1.41. The highest BCUT2D eigenvalue weighted by molar-refractivity contribution is 7.17. The van der Waals surface area contributed by atoms with Crippen molar-refractivity contribution in [1.82, 2.24) is 15.2 Å². The first kappa shape index (κ1) is 17.7. The fourth-order valence-electron chi connectivity index (χ4n) is 4.43. The highest BCUT2D eigenvalue weighted by Gasteiger charge is 2.33. The van der Waals surface area contributed by atoms with Gasteiger partial charge in [-0.2, -0.15) is 0 Å². The molecule has 0 unspecified atom stereocenters. The van der Waals surface area contributed by atoms with E-state index in [2.05, 4.69) is 15.2 Å². The van der Waals surface area contributed by atoms with Gasteiger partial charge in [-0.15, -0.1) is 11.3 Å². The predicted molar refractivity (Wildman–Crippen MR) is 107 cm³/mol. The number of aromatic nitrogens is 1. The SMILES string of the molecule is Cc1nc(-c2ccccc2)sc1C(=O)NC[C@H]1CCCN2CCCC[C@H]12. The lowest BCUT2D eigenvalue weighted by atomic mass is 9.83. The minimum absolute atomic E-state index is 0.0371. The summed E-state index contributed by atoms with van der Waals surface area (Å²) >= 11 is 1.50. The number of nitrogens with one attached hydrogen (secondary N) is 1. The van der Waals surface area contributed by atoms with E-state index in [9.17, 15) is 4.79 Å². The number of rotatable bonds is 4. The second-order valence-corrected chi connectivity index (χ2v) is 8.51. The van der Waals surface area contributed by atoms with Gasteiger partial charge in [0.25, 0.3) is 5.91 Å². The Kier molecular flexibility index (Phi) is 5.36. The van der Waals surface area contributed by atoms with Gasteiger partial charge < -0.3 is 10.2 Å². The zero-order valence-electron chi connectivity index (χ0n) is 15.4. The van der Waals surface area contributed by atoms with Crippen molar-refractivity contribution >= 4 is 17.2 Å². The monoisotopic (exact) mass is 369 g/mol. The molecule has 1 aromatic carbocycles. The number of fused-ring (bicyclic) bond motifs is 1. The summed E-state index contributed by atoms with van der Waals surface area (Å²) in [5.41, 5.74) is 1.90. The molecule has 2 aromatic rings. The third kappa shape index (κ3) is 3.69. The van der Waals surface area contributed by atoms with E-state index in [1.807, 2.05) is 37.3 Å². The molecular weight excluding hydrogens is 342 g/mol. The van der Waals surface area contributed by atoms with Crippen LogP contribution in [0.5, 0.6) is 0 Å². The van der Waals surface area contributed by atoms with Crippen LogP contribution >= 0.6 is 11.3 Å². The van der Waals surface area contributed by atoms with Crippen molar-refractivity contribution in [3.05, 3.63) is 40.9 Å². The normalized spacial score (nSPS) is 23.4. The van der Waals surface area contributed by atoms with Gasteiger partial charge in [0, 0.05) is 18.2 Å². The average molecular weight is 370 g/mol. The van der Waals surface area contributed by atoms with Gasteiger partial charge in [0.15, 0.2) is 0 Å². The maximum atomic E-state index is 12.8. The summed E-state index contributed by atoms with van der Waals surface area (Å²) in [7, 11) is 0. The molecule has 0 bridgehead atoms. The molecule has 1 amide bonds. The van der Waals surface area contributed by atoms with E-state index >= 15 is 0 Å². The van der Waals surface area contributed by atoms with Crippen LogP contribution in [0.4, 0.5) is 0 Å².